The number of hydrogen-bond donors (Lipinski definition) is 2. The molecule has 0 fully saturated rings. The van der Waals surface area contributed by atoms with Gasteiger partial charge in [0.1, 0.15) is 18.1 Å². The van der Waals surface area contributed by atoms with Crippen molar-refractivity contribution in [1.82, 2.24) is 15.7 Å². The number of allylic oxidation sites excluding steroid dienone is 1. The summed E-state index contributed by atoms with van der Waals surface area (Å²) >= 11 is 0. The van der Waals surface area contributed by atoms with Gasteiger partial charge in [-0.15, -0.1) is 0 Å². The van der Waals surface area contributed by atoms with Crippen LogP contribution < -0.4 is 15.4 Å². The number of furan rings is 1. The lowest BCUT2D eigenvalue weighted by molar-refractivity contribution is -0.198. The molecule has 0 aliphatic carbocycles. The van der Waals surface area contributed by atoms with Crippen molar-refractivity contribution in [2.75, 3.05) is 13.3 Å². The monoisotopic (exact) mass is 631 g/mol. The van der Waals surface area contributed by atoms with Crippen molar-refractivity contribution in [3.8, 4) is 17.1 Å². The van der Waals surface area contributed by atoms with Gasteiger partial charge in [0.2, 0.25) is 6.41 Å². The standard InChI is InChI=1S/C37H49N3O6/c1-6-10-12-18-31(33(8-3)40(26-41)45-24-28-16-13-11-14-17-28)32(15-7-2)38-25-39-37(43)35-22-21-34(46-35)29-19-20-30(27(5)42)36(23-29)44-9-4/h11,13-17,19-23,26,31,33,38H,6-10,12,18,24-25H2,1-5H3,(H,39,43)/b32-15-. The quantitative estimate of drug-likeness (QED) is 0.0408. The first-order valence-corrected chi connectivity index (χ1v) is 16.4. The van der Waals surface area contributed by atoms with Gasteiger partial charge in [0.15, 0.2) is 11.5 Å². The molecular weight excluding hydrogens is 582 g/mol. The summed E-state index contributed by atoms with van der Waals surface area (Å²) in [5.74, 6) is 0.671. The lowest BCUT2D eigenvalue weighted by Crippen LogP contribution is -2.44. The summed E-state index contributed by atoms with van der Waals surface area (Å²) in [7, 11) is 0. The highest BCUT2D eigenvalue weighted by molar-refractivity contribution is 5.97. The van der Waals surface area contributed by atoms with Gasteiger partial charge in [0.25, 0.3) is 5.91 Å². The maximum absolute atomic E-state index is 13.1. The Hall–Kier alpha value is -4.37. The topological polar surface area (TPSA) is 110 Å². The van der Waals surface area contributed by atoms with Crippen molar-refractivity contribution < 1.29 is 28.4 Å². The number of carbonyl (C=O) groups excluding carboxylic acids is 3. The van der Waals surface area contributed by atoms with E-state index in [-0.39, 0.29) is 36.1 Å². The van der Waals surface area contributed by atoms with Crippen molar-refractivity contribution >= 4 is 18.1 Å². The molecule has 2 N–H and O–H groups in total. The molecule has 1 aromatic heterocycles. The predicted molar refractivity (Wildman–Crippen MR) is 180 cm³/mol. The average Bonchev–Trinajstić information content (AvgIpc) is 3.56. The van der Waals surface area contributed by atoms with Gasteiger partial charge in [-0.1, -0.05) is 82.5 Å². The minimum atomic E-state index is -0.365. The number of amides is 2. The minimum absolute atomic E-state index is 0.0119. The second-order valence-corrected chi connectivity index (χ2v) is 11.1. The summed E-state index contributed by atoms with van der Waals surface area (Å²) in [5, 5.41) is 7.80. The van der Waals surface area contributed by atoms with Crippen molar-refractivity contribution in [2.45, 2.75) is 85.8 Å². The number of carbonyl (C=O) groups is 3. The van der Waals surface area contributed by atoms with Gasteiger partial charge in [-0.05, 0) is 62.9 Å². The Morgan fingerprint density at radius 1 is 0.978 bits per heavy atom. The van der Waals surface area contributed by atoms with Crippen molar-refractivity contribution in [3.05, 3.63) is 89.3 Å². The zero-order valence-corrected chi connectivity index (χ0v) is 27.8. The van der Waals surface area contributed by atoms with Gasteiger partial charge in [-0.2, -0.15) is 0 Å². The van der Waals surface area contributed by atoms with Crippen LogP contribution in [0.3, 0.4) is 0 Å². The fourth-order valence-corrected chi connectivity index (χ4v) is 5.48. The Bertz CT molecular complexity index is 1420. The number of nitrogens with zero attached hydrogens (tertiary/aromatic N) is 1. The molecule has 0 saturated heterocycles. The number of nitrogens with one attached hydrogen (secondary N) is 2. The molecule has 2 aromatic carbocycles. The first kappa shape index (κ1) is 36.1. The third kappa shape index (κ3) is 10.3. The molecule has 0 aliphatic rings. The first-order valence-electron chi connectivity index (χ1n) is 16.4. The highest BCUT2D eigenvalue weighted by Gasteiger charge is 2.29. The van der Waals surface area contributed by atoms with E-state index < -0.39 is 0 Å². The Morgan fingerprint density at radius 3 is 2.41 bits per heavy atom. The molecule has 0 radical (unpaired) electrons. The second-order valence-electron chi connectivity index (χ2n) is 11.1. The molecule has 2 amide bonds. The van der Waals surface area contributed by atoms with E-state index in [0.29, 0.717) is 42.3 Å². The van der Waals surface area contributed by atoms with Gasteiger partial charge in [-0.3, -0.25) is 19.2 Å². The van der Waals surface area contributed by atoms with E-state index in [1.165, 1.54) is 12.0 Å². The van der Waals surface area contributed by atoms with Crippen LogP contribution in [0.2, 0.25) is 0 Å². The molecule has 2 atom stereocenters. The number of rotatable bonds is 21. The molecule has 2 unspecified atom stereocenters. The Kier molecular flexibility index (Phi) is 15.1. The van der Waals surface area contributed by atoms with E-state index in [0.717, 1.165) is 49.8 Å². The van der Waals surface area contributed by atoms with Crippen LogP contribution in [0, 0.1) is 5.92 Å². The van der Waals surface area contributed by atoms with E-state index in [1.54, 1.807) is 30.3 Å². The number of hydrogen-bond acceptors (Lipinski definition) is 7. The molecule has 0 spiro atoms. The fraction of sp³-hybridized carbons (Fsp3) is 0.432. The van der Waals surface area contributed by atoms with E-state index in [9.17, 15) is 14.4 Å². The molecule has 0 aliphatic heterocycles. The summed E-state index contributed by atoms with van der Waals surface area (Å²) in [6.07, 6.45) is 8.42. The SMILES string of the molecule is CC/C=C(\NCNC(=O)c1ccc(-c2ccc(C(C)=O)c(OCC)c2)o1)C(CCCCC)C(CC)N(C=O)OCc1ccccc1. The van der Waals surface area contributed by atoms with Gasteiger partial charge < -0.3 is 19.8 Å². The van der Waals surface area contributed by atoms with E-state index in [4.69, 9.17) is 14.0 Å². The number of ketones is 1. The lowest BCUT2D eigenvalue weighted by Gasteiger charge is -2.35. The van der Waals surface area contributed by atoms with E-state index in [2.05, 4.69) is 37.5 Å². The highest BCUT2D eigenvalue weighted by atomic mass is 16.7. The number of benzene rings is 2. The smallest absolute Gasteiger partial charge is 0.288 e. The van der Waals surface area contributed by atoms with Gasteiger partial charge in [0, 0.05) is 17.2 Å². The van der Waals surface area contributed by atoms with Crippen LogP contribution in [-0.4, -0.2) is 42.5 Å². The Balaban J connectivity index is 1.71. The zero-order valence-electron chi connectivity index (χ0n) is 27.8. The molecule has 9 nitrogen and oxygen atoms in total. The third-order valence-electron chi connectivity index (χ3n) is 7.80. The zero-order chi connectivity index (χ0) is 33.3. The molecule has 46 heavy (non-hydrogen) atoms. The molecule has 9 heteroatoms. The Labute approximate surface area is 273 Å². The number of ether oxygens (including phenoxy) is 1. The van der Waals surface area contributed by atoms with Crippen LogP contribution in [0.15, 0.2) is 76.9 Å². The third-order valence-corrected chi connectivity index (χ3v) is 7.80. The fourth-order valence-electron chi connectivity index (χ4n) is 5.48. The summed E-state index contributed by atoms with van der Waals surface area (Å²) < 4.78 is 11.5. The lowest BCUT2D eigenvalue weighted by atomic mass is 9.88. The number of unbranched alkanes of at least 4 members (excludes halogenated alkanes) is 2. The van der Waals surface area contributed by atoms with Gasteiger partial charge in [-0.25, -0.2) is 5.06 Å². The van der Waals surface area contributed by atoms with Crippen molar-refractivity contribution in [2.24, 2.45) is 5.92 Å². The summed E-state index contributed by atoms with van der Waals surface area (Å²) in [6.45, 7) is 10.5. The van der Waals surface area contributed by atoms with E-state index >= 15 is 0 Å². The maximum atomic E-state index is 13.1. The number of Topliss-reactive ketones (excluding diaryl/α,β-unsaturated/α-hetero) is 1. The average molecular weight is 632 g/mol. The molecule has 1 heterocycles. The van der Waals surface area contributed by atoms with Crippen LogP contribution >= 0.6 is 0 Å². The normalized spacial score (nSPS) is 12.7. The molecule has 248 valence electrons. The van der Waals surface area contributed by atoms with Crippen LogP contribution in [0.1, 0.15) is 99.6 Å². The summed E-state index contributed by atoms with van der Waals surface area (Å²) in [6, 6.07) is 18.2. The number of hydroxylamine groups is 2. The van der Waals surface area contributed by atoms with Gasteiger partial charge >= 0.3 is 0 Å². The van der Waals surface area contributed by atoms with Crippen LogP contribution in [0.5, 0.6) is 5.75 Å². The largest absolute Gasteiger partial charge is 0.493 e. The molecular formula is C37H49N3O6. The highest BCUT2D eigenvalue weighted by Crippen LogP contribution is 2.30. The van der Waals surface area contributed by atoms with Gasteiger partial charge in [0.05, 0.1) is 24.9 Å². The predicted octanol–water partition coefficient (Wildman–Crippen LogP) is 7.68. The first-order chi connectivity index (χ1) is 22.4. The Morgan fingerprint density at radius 2 is 1.76 bits per heavy atom. The molecule has 3 rings (SSSR count). The summed E-state index contributed by atoms with van der Waals surface area (Å²) in [4.78, 5) is 43.4. The van der Waals surface area contributed by atoms with Crippen LogP contribution in [-0.2, 0) is 16.2 Å². The maximum Gasteiger partial charge on any atom is 0.288 e. The van der Waals surface area contributed by atoms with Crippen molar-refractivity contribution in [1.29, 1.82) is 0 Å². The molecule has 0 bridgehead atoms. The van der Waals surface area contributed by atoms with Crippen LogP contribution in [0.4, 0.5) is 0 Å². The minimum Gasteiger partial charge on any atom is -0.493 e. The molecule has 3 aromatic rings. The van der Waals surface area contributed by atoms with E-state index in [1.807, 2.05) is 37.3 Å². The van der Waals surface area contributed by atoms with Crippen molar-refractivity contribution in [3.63, 3.8) is 0 Å². The summed E-state index contributed by atoms with van der Waals surface area (Å²) in [5.41, 5.74) is 3.15. The molecule has 0 saturated carbocycles. The second kappa shape index (κ2) is 19.2. The van der Waals surface area contributed by atoms with Crippen LogP contribution in [0.25, 0.3) is 11.3 Å².